The number of amides is 2. The Hall–Kier alpha value is -4.16. The molecule has 178 valence electrons. The van der Waals surface area contributed by atoms with Gasteiger partial charge in [0.25, 0.3) is 5.91 Å². The van der Waals surface area contributed by atoms with Gasteiger partial charge in [0.15, 0.2) is 0 Å². The molecule has 4 rings (SSSR count). The van der Waals surface area contributed by atoms with Gasteiger partial charge in [-0.05, 0) is 54.8 Å². The Morgan fingerprint density at radius 3 is 2.46 bits per heavy atom. The number of allylic oxidation sites excluding steroid dienone is 2. The lowest BCUT2D eigenvalue weighted by molar-refractivity contribution is -0.124. The van der Waals surface area contributed by atoms with E-state index in [-0.39, 0.29) is 12.3 Å². The van der Waals surface area contributed by atoms with Crippen LogP contribution in [0.15, 0.2) is 85.0 Å². The minimum atomic E-state index is -1.13. The summed E-state index contributed by atoms with van der Waals surface area (Å²) in [5, 5.41) is 15.4. The molecule has 1 aliphatic heterocycles. The zero-order valence-corrected chi connectivity index (χ0v) is 19.7. The van der Waals surface area contributed by atoms with Crippen LogP contribution in [0.5, 0.6) is 5.75 Å². The van der Waals surface area contributed by atoms with Crippen molar-refractivity contribution in [3.63, 3.8) is 0 Å². The number of aliphatic hydroxyl groups is 1. The molecule has 0 aliphatic carbocycles. The van der Waals surface area contributed by atoms with Crippen molar-refractivity contribution in [1.82, 2.24) is 0 Å². The van der Waals surface area contributed by atoms with Gasteiger partial charge in [0, 0.05) is 29.4 Å². The summed E-state index contributed by atoms with van der Waals surface area (Å²) in [5.41, 5.74) is 6.04. The largest absolute Gasteiger partial charge is 0.494 e. The van der Waals surface area contributed by atoms with Crippen molar-refractivity contribution < 1.29 is 19.4 Å². The van der Waals surface area contributed by atoms with Gasteiger partial charge in [-0.1, -0.05) is 60.2 Å². The highest BCUT2D eigenvalue weighted by Gasteiger charge is 2.26. The number of carbonyl (C=O) groups is 2. The predicted octanol–water partition coefficient (Wildman–Crippen LogP) is 4.88. The van der Waals surface area contributed by atoms with Crippen LogP contribution in [0.1, 0.15) is 29.2 Å². The fourth-order valence-corrected chi connectivity index (χ4v) is 3.94. The second-order valence-corrected chi connectivity index (χ2v) is 8.29. The molecule has 3 N–H and O–H groups in total. The van der Waals surface area contributed by atoms with Gasteiger partial charge in [-0.3, -0.25) is 9.59 Å². The van der Waals surface area contributed by atoms with Crippen LogP contribution in [0.3, 0.4) is 0 Å². The summed E-state index contributed by atoms with van der Waals surface area (Å²) >= 11 is 0. The Kier molecular flexibility index (Phi) is 7.43. The summed E-state index contributed by atoms with van der Waals surface area (Å²) in [6.07, 6.45) is 4.10. The number of aliphatic hydroxyl groups excluding tert-OH is 1. The van der Waals surface area contributed by atoms with E-state index >= 15 is 0 Å². The molecule has 6 heteroatoms. The normalized spacial score (nSPS) is 15.5. The van der Waals surface area contributed by atoms with E-state index in [2.05, 4.69) is 34.9 Å². The number of carbonyl (C=O) groups excluding carboxylic acids is 2. The summed E-state index contributed by atoms with van der Waals surface area (Å²) in [4.78, 5) is 24.4. The van der Waals surface area contributed by atoms with Crippen LogP contribution in [0.4, 0.5) is 11.4 Å². The number of anilines is 2. The van der Waals surface area contributed by atoms with Crippen molar-refractivity contribution in [1.29, 1.82) is 0 Å². The summed E-state index contributed by atoms with van der Waals surface area (Å²) < 4.78 is 5.56. The van der Waals surface area contributed by atoms with Crippen molar-refractivity contribution in [3.8, 4) is 5.75 Å². The molecule has 0 saturated carbocycles. The van der Waals surface area contributed by atoms with E-state index in [0.29, 0.717) is 23.5 Å². The van der Waals surface area contributed by atoms with Crippen LogP contribution in [0, 0.1) is 6.92 Å². The molecule has 1 atom stereocenters. The number of nitrogens with one attached hydrogen (secondary N) is 2. The lowest BCUT2D eigenvalue weighted by Gasteiger charge is -2.23. The van der Waals surface area contributed by atoms with E-state index in [1.807, 2.05) is 44.2 Å². The van der Waals surface area contributed by atoms with Crippen LogP contribution in [-0.2, 0) is 16.0 Å². The molecule has 0 spiro atoms. The molecule has 1 unspecified atom stereocenters. The molecule has 3 aromatic rings. The number of ether oxygens (including phenoxy) is 1. The maximum Gasteiger partial charge on any atom is 0.253 e. The molecule has 0 bridgehead atoms. The summed E-state index contributed by atoms with van der Waals surface area (Å²) in [7, 11) is 0. The van der Waals surface area contributed by atoms with Crippen molar-refractivity contribution in [2.24, 2.45) is 0 Å². The average Bonchev–Trinajstić information content (AvgIpc) is 2.85. The third-order valence-electron chi connectivity index (χ3n) is 5.74. The highest BCUT2D eigenvalue weighted by atomic mass is 16.5. The highest BCUT2D eigenvalue weighted by molar-refractivity contribution is 6.03. The van der Waals surface area contributed by atoms with E-state index in [4.69, 9.17) is 4.74 Å². The van der Waals surface area contributed by atoms with Gasteiger partial charge in [-0.2, -0.15) is 0 Å². The quantitative estimate of drug-likeness (QED) is 0.341. The van der Waals surface area contributed by atoms with Crippen LogP contribution >= 0.6 is 0 Å². The van der Waals surface area contributed by atoms with E-state index in [0.717, 1.165) is 22.4 Å². The van der Waals surface area contributed by atoms with E-state index in [1.54, 1.807) is 24.3 Å². The van der Waals surface area contributed by atoms with Gasteiger partial charge in [-0.15, -0.1) is 0 Å². The molecule has 3 aromatic carbocycles. The standard InChI is InChI=1S/C29H28N2O4/c1-3-35-22-16-14-21(15-17-22)23(20-12-10-19(2)11-13-20)6-4-9-28(33)30-25-7-5-8-26-24(25)18-27(32)29(34)31-26/h4-17,27,32H,3,18H2,1-2H3,(H,30,33)(H,31,34). The molecule has 35 heavy (non-hydrogen) atoms. The molecule has 0 fully saturated rings. The molecular formula is C29H28N2O4. The van der Waals surface area contributed by atoms with Gasteiger partial charge in [0.2, 0.25) is 5.91 Å². The molecule has 0 saturated heterocycles. The van der Waals surface area contributed by atoms with Crippen molar-refractivity contribution in [3.05, 3.63) is 107 Å². The average molecular weight is 469 g/mol. The van der Waals surface area contributed by atoms with Gasteiger partial charge in [0.1, 0.15) is 11.9 Å². The first-order valence-electron chi connectivity index (χ1n) is 11.5. The number of hydrogen-bond donors (Lipinski definition) is 3. The Morgan fingerprint density at radius 1 is 1.09 bits per heavy atom. The first-order valence-corrected chi connectivity index (χ1v) is 11.5. The smallest absolute Gasteiger partial charge is 0.253 e. The summed E-state index contributed by atoms with van der Waals surface area (Å²) in [6.45, 7) is 4.60. The third-order valence-corrected chi connectivity index (χ3v) is 5.74. The van der Waals surface area contributed by atoms with Gasteiger partial charge in [0.05, 0.1) is 6.61 Å². The van der Waals surface area contributed by atoms with Crippen molar-refractivity contribution in [2.45, 2.75) is 26.4 Å². The van der Waals surface area contributed by atoms with E-state index < -0.39 is 12.0 Å². The molecule has 0 radical (unpaired) electrons. The monoisotopic (exact) mass is 468 g/mol. The molecule has 6 nitrogen and oxygen atoms in total. The Bertz CT molecular complexity index is 1280. The fraction of sp³-hybridized carbons (Fsp3) is 0.172. The summed E-state index contributed by atoms with van der Waals surface area (Å²) in [5.74, 6) is 0.0573. The second-order valence-electron chi connectivity index (χ2n) is 8.29. The number of aryl methyl sites for hydroxylation is 1. The van der Waals surface area contributed by atoms with Gasteiger partial charge in [-0.25, -0.2) is 0 Å². The number of fused-ring (bicyclic) bond motifs is 1. The maximum absolute atomic E-state index is 12.7. The Labute approximate surface area is 205 Å². The maximum atomic E-state index is 12.7. The van der Waals surface area contributed by atoms with Crippen LogP contribution in [-0.4, -0.2) is 29.6 Å². The van der Waals surface area contributed by atoms with Crippen LogP contribution in [0.2, 0.25) is 0 Å². The van der Waals surface area contributed by atoms with Crippen molar-refractivity contribution >= 4 is 28.8 Å². The van der Waals surface area contributed by atoms with E-state index in [9.17, 15) is 14.7 Å². The fourth-order valence-electron chi connectivity index (χ4n) is 3.94. The topological polar surface area (TPSA) is 87.7 Å². The minimum Gasteiger partial charge on any atom is -0.494 e. The molecule has 0 aromatic heterocycles. The first-order chi connectivity index (χ1) is 16.9. The Balaban J connectivity index is 1.56. The second kappa shape index (κ2) is 10.8. The SMILES string of the molecule is CCOc1ccc(C(=CC=CC(=O)Nc2cccc3c2CC(O)C(=O)N3)c2ccc(C)cc2)cc1. The zero-order chi connectivity index (χ0) is 24.8. The zero-order valence-electron chi connectivity index (χ0n) is 19.7. The van der Waals surface area contributed by atoms with Crippen molar-refractivity contribution in [2.75, 3.05) is 17.2 Å². The van der Waals surface area contributed by atoms with E-state index in [1.165, 1.54) is 11.6 Å². The molecular weight excluding hydrogens is 440 g/mol. The summed E-state index contributed by atoms with van der Waals surface area (Å²) in [6, 6.07) is 21.3. The highest BCUT2D eigenvalue weighted by Crippen LogP contribution is 2.30. The number of hydrogen-bond acceptors (Lipinski definition) is 4. The predicted molar refractivity (Wildman–Crippen MR) is 138 cm³/mol. The van der Waals surface area contributed by atoms with Gasteiger partial charge < -0.3 is 20.5 Å². The lowest BCUT2D eigenvalue weighted by Crippen LogP contribution is -2.34. The van der Waals surface area contributed by atoms with Crippen LogP contribution in [0.25, 0.3) is 5.57 Å². The number of benzene rings is 3. The molecule has 1 aliphatic rings. The first kappa shape index (κ1) is 24.0. The molecule has 2 amide bonds. The number of rotatable bonds is 7. The minimum absolute atomic E-state index is 0.149. The molecule has 1 heterocycles. The van der Waals surface area contributed by atoms with Crippen LogP contribution < -0.4 is 15.4 Å². The van der Waals surface area contributed by atoms with Gasteiger partial charge >= 0.3 is 0 Å². The Morgan fingerprint density at radius 2 is 1.77 bits per heavy atom. The third kappa shape index (κ3) is 5.86. The lowest BCUT2D eigenvalue weighted by atomic mass is 9.96.